The first-order valence-electron chi connectivity index (χ1n) is 4.88. The van der Waals surface area contributed by atoms with E-state index in [0.717, 1.165) is 5.56 Å². The molecule has 0 radical (unpaired) electrons. The van der Waals surface area contributed by atoms with Crippen molar-refractivity contribution < 1.29 is 10.2 Å². The van der Waals surface area contributed by atoms with Crippen molar-refractivity contribution in [3.8, 4) is 12.1 Å². The summed E-state index contributed by atoms with van der Waals surface area (Å²) in [5.41, 5.74) is 1.40. The summed E-state index contributed by atoms with van der Waals surface area (Å²) in [7, 11) is 0. The standard InChI is InChI=1S/C12H12N2O2/c13-7-5-9-1-3-10(4-2-9)12(16)11(15)6-8-14/h1-4,11-12,15-16H,5-6H2. The number of benzene rings is 1. The molecule has 4 nitrogen and oxygen atoms in total. The molecule has 0 bridgehead atoms. The van der Waals surface area contributed by atoms with Gasteiger partial charge in [0.25, 0.3) is 0 Å². The Labute approximate surface area is 94.0 Å². The smallest absolute Gasteiger partial charge is 0.106 e. The summed E-state index contributed by atoms with van der Waals surface area (Å²) < 4.78 is 0. The van der Waals surface area contributed by atoms with Crippen molar-refractivity contribution in [2.24, 2.45) is 0 Å². The summed E-state index contributed by atoms with van der Waals surface area (Å²) in [6.07, 6.45) is -1.93. The second kappa shape index (κ2) is 5.87. The molecule has 0 aliphatic heterocycles. The molecule has 0 saturated heterocycles. The van der Waals surface area contributed by atoms with Crippen LogP contribution < -0.4 is 0 Å². The van der Waals surface area contributed by atoms with E-state index in [2.05, 4.69) is 0 Å². The van der Waals surface area contributed by atoms with Crippen molar-refractivity contribution in [1.29, 1.82) is 10.5 Å². The number of rotatable bonds is 4. The second-order valence-electron chi connectivity index (χ2n) is 3.45. The highest BCUT2D eigenvalue weighted by molar-refractivity contribution is 5.26. The zero-order chi connectivity index (χ0) is 12.0. The highest BCUT2D eigenvalue weighted by Gasteiger charge is 2.17. The molecular formula is C12H12N2O2. The molecule has 0 saturated carbocycles. The van der Waals surface area contributed by atoms with E-state index in [1.807, 2.05) is 6.07 Å². The minimum atomic E-state index is -1.08. The van der Waals surface area contributed by atoms with Gasteiger partial charge in [-0.15, -0.1) is 0 Å². The maximum atomic E-state index is 9.67. The van der Waals surface area contributed by atoms with E-state index in [1.54, 1.807) is 30.3 Å². The summed E-state index contributed by atoms with van der Waals surface area (Å²) >= 11 is 0. The monoisotopic (exact) mass is 216 g/mol. The van der Waals surface area contributed by atoms with Crippen LogP contribution in [-0.4, -0.2) is 16.3 Å². The third kappa shape index (κ3) is 3.06. The highest BCUT2D eigenvalue weighted by Crippen LogP contribution is 2.19. The Morgan fingerprint density at radius 2 is 1.69 bits per heavy atom. The van der Waals surface area contributed by atoms with Crippen LogP contribution in [0.4, 0.5) is 0 Å². The van der Waals surface area contributed by atoms with Crippen LogP contribution in [0.5, 0.6) is 0 Å². The van der Waals surface area contributed by atoms with Gasteiger partial charge < -0.3 is 10.2 Å². The Bertz CT molecular complexity index is 414. The number of nitrogens with zero attached hydrogens (tertiary/aromatic N) is 2. The van der Waals surface area contributed by atoms with Gasteiger partial charge in [-0.25, -0.2) is 0 Å². The fourth-order valence-corrected chi connectivity index (χ4v) is 1.35. The van der Waals surface area contributed by atoms with E-state index in [0.29, 0.717) is 12.0 Å². The number of aliphatic hydroxyl groups excluding tert-OH is 2. The van der Waals surface area contributed by atoms with E-state index in [-0.39, 0.29) is 6.42 Å². The number of hydrogen-bond donors (Lipinski definition) is 2. The Morgan fingerprint density at radius 3 is 2.19 bits per heavy atom. The molecule has 2 unspecified atom stereocenters. The maximum Gasteiger partial charge on any atom is 0.106 e. The molecule has 1 aromatic carbocycles. The predicted octanol–water partition coefficient (Wildman–Crippen LogP) is 1.06. The van der Waals surface area contributed by atoms with Crippen LogP contribution in [0, 0.1) is 22.7 Å². The van der Waals surface area contributed by atoms with Crippen LogP contribution in [-0.2, 0) is 6.42 Å². The van der Waals surface area contributed by atoms with Crippen molar-refractivity contribution in [3.05, 3.63) is 35.4 Å². The van der Waals surface area contributed by atoms with E-state index in [1.165, 1.54) is 0 Å². The molecule has 0 aliphatic carbocycles. The molecule has 0 aromatic heterocycles. The minimum Gasteiger partial charge on any atom is -0.389 e. The van der Waals surface area contributed by atoms with E-state index in [9.17, 15) is 10.2 Å². The van der Waals surface area contributed by atoms with Crippen LogP contribution in [0.15, 0.2) is 24.3 Å². The lowest BCUT2D eigenvalue weighted by molar-refractivity contribution is 0.0216. The molecular weight excluding hydrogens is 204 g/mol. The van der Waals surface area contributed by atoms with Gasteiger partial charge in [0.1, 0.15) is 6.10 Å². The molecule has 16 heavy (non-hydrogen) atoms. The van der Waals surface area contributed by atoms with Crippen molar-refractivity contribution in [3.63, 3.8) is 0 Å². The number of hydrogen-bond acceptors (Lipinski definition) is 4. The van der Waals surface area contributed by atoms with E-state index >= 15 is 0 Å². The van der Waals surface area contributed by atoms with E-state index in [4.69, 9.17) is 10.5 Å². The summed E-state index contributed by atoms with van der Waals surface area (Å²) in [4.78, 5) is 0. The molecule has 82 valence electrons. The quantitative estimate of drug-likeness (QED) is 0.787. The molecule has 0 spiro atoms. The predicted molar refractivity (Wildman–Crippen MR) is 57.0 cm³/mol. The van der Waals surface area contributed by atoms with Gasteiger partial charge in [0.15, 0.2) is 0 Å². The van der Waals surface area contributed by atoms with Crippen LogP contribution in [0.3, 0.4) is 0 Å². The van der Waals surface area contributed by atoms with Crippen LogP contribution in [0.25, 0.3) is 0 Å². The van der Waals surface area contributed by atoms with Crippen molar-refractivity contribution in [2.45, 2.75) is 25.0 Å². The Hall–Kier alpha value is -1.88. The van der Waals surface area contributed by atoms with Gasteiger partial charge in [-0.05, 0) is 11.1 Å². The van der Waals surface area contributed by atoms with Gasteiger partial charge in [0.05, 0.1) is 31.1 Å². The first kappa shape index (κ1) is 12.2. The summed E-state index contributed by atoms with van der Waals surface area (Å²) in [5.74, 6) is 0. The van der Waals surface area contributed by atoms with Gasteiger partial charge in [0, 0.05) is 0 Å². The summed E-state index contributed by atoms with van der Waals surface area (Å²) in [5, 5.41) is 36.0. The maximum absolute atomic E-state index is 9.67. The molecule has 2 atom stereocenters. The Balaban J connectivity index is 2.74. The van der Waals surface area contributed by atoms with Crippen molar-refractivity contribution in [1.82, 2.24) is 0 Å². The summed E-state index contributed by atoms with van der Waals surface area (Å²) in [6, 6.07) is 10.6. The van der Waals surface area contributed by atoms with Gasteiger partial charge in [-0.2, -0.15) is 10.5 Å². The van der Waals surface area contributed by atoms with E-state index < -0.39 is 12.2 Å². The van der Waals surface area contributed by atoms with Crippen LogP contribution >= 0.6 is 0 Å². The third-order valence-electron chi connectivity index (χ3n) is 2.27. The largest absolute Gasteiger partial charge is 0.389 e. The lowest BCUT2D eigenvalue weighted by Crippen LogP contribution is -2.17. The lowest BCUT2D eigenvalue weighted by Gasteiger charge is -2.15. The molecule has 1 aromatic rings. The average molecular weight is 216 g/mol. The molecule has 4 heteroatoms. The fourth-order valence-electron chi connectivity index (χ4n) is 1.35. The highest BCUT2D eigenvalue weighted by atomic mass is 16.3. The van der Waals surface area contributed by atoms with Crippen molar-refractivity contribution in [2.75, 3.05) is 0 Å². The first-order chi connectivity index (χ1) is 7.69. The Morgan fingerprint density at radius 1 is 1.06 bits per heavy atom. The Kier molecular flexibility index (Phi) is 4.47. The number of nitriles is 2. The molecule has 2 N–H and O–H groups in total. The molecule has 0 aliphatic rings. The molecule has 0 heterocycles. The lowest BCUT2D eigenvalue weighted by atomic mass is 10.0. The third-order valence-corrected chi connectivity index (χ3v) is 2.27. The molecule has 1 rings (SSSR count). The second-order valence-corrected chi connectivity index (χ2v) is 3.45. The zero-order valence-electron chi connectivity index (χ0n) is 8.67. The SMILES string of the molecule is N#CCc1ccc(C(O)C(O)CC#N)cc1. The average Bonchev–Trinajstić information content (AvgIpc) is 2.30. The summed E-state index contributed by atoms with van der Waals surface area (Å²) in [6.45, 7) is 0. The minimum absolute atomic E-state index is 0.110. The first-order valence-corrected chi connectivity index (χ1v) is 4.88. The van der Waals surface area contributed by atoms with Gasteiger partial charge in [0.2, 0.25) is 0 Å². The van der Waals surface area contributed by atoms with Crippen LogP contribution in [0.1, 0.15) is 23.7 Å². The topological polar surface area (TPSA) is 88.0 Å². The van der Waals surface area contributed by atoms with Crippen LogP contribution in [0.2, 0.25) is 0 Å². The fraction of sp³-hybridized carbons (Fsp3) is 0.333. The van der Waals surface area contributed by atoms with Gasteiger partial charge >= 0.3 is 0 Å². The molecule has 0 amide bonds. The van der Waals surface area contributed by atoms with Gasteiger partial charge in [-0.3, -0.25) is 0 Å². The van der Waals surface area contributed by atoms with Crippen molar-refractivity contribution >= 4 is 0 Å². The normalized spacial score (nSPS) is 13.5. The number of aliphatic hydroxyl groups is 2. The van der Waals surface area contributed by atoms with Gasteiger partial charge in [-0.1, -0.05) is 24.3 Å². The zero-order valence-corrected chi connectivity index (χ0v) is 8.67. The molecule has 0 fully saturated rings.